The predicted octanol–water partition coefficient (Wildman–Crippen LogP) is 3.03. The minimum absolute atomic E-state index is 0.0271. The van der Waals surface area contributed by atoms with E-state index in [1.165, 1.54) is 11.1 Å². The zero-order valence-electron chi connectivity index (χ0n) is 14.7. The first-order valence-electron chi connectivity index (χ1n) is 9.16. The molecule has 2 aromatic rings. The quantitative estimate of drug-likeness (QED) is 0.829. The number of para-hydroxylation sites is 1. The molecule has 1 heterocycles. The van der Waals surface area contributed by atoms with Crippen LogP contribution >= 0.6 is 11.6 Å². The summed E-state index contributed by atoms with van der Waals surface area (Å²) in [6.07, 6.45) is 2.25. The van der Waals surface area contributed by atoms with Crippen molar-refractivity contribution in [1.29, 1.82) is 0 Å². The van der Waals surface area contributed by atoms with Gasteiger partial charge in [0.05, 0.1) is 5.02 Å². The van der Waals surface area contributed by atoms with Crippen LogP contribution in [0.15, 0.2) is 48.5 Å². The number of ether oxygens (including phenoxy) is 1. The van der Waals surface area contributed by atoms with Gasteiger partial charge in [-0.3, -0.25) is 9.69 Å². The number of carbonyl (C=O) groups excluding carboxylic acids is 1. The SMILES string of the molecule is O=C(COc1ccccc1Cl)N1CCN(C2Cc3ccccc3C2)CC1. The fraction of sp³-hybridized carbons (Fsp3) is 0.381. The number of benzene rings is 2. The second kappa shape index (κ2) is 7.68. The lowest BCUT2D eigenvalue weighted by Crippen LogP contribution is -2.53. The number of rotatable bonds is 4. The van der Waals surface area contributed by atoms with Crippen molar-refractivity contribution in [3.63, 3.8) is 0 Å². The van der Waals surface area contributed by atoms with Crippen LogP contribution in [0, 0.1) is 0 Å². The molecule has 4 nitrogen and oxygen atoms in total. The molecule has 2 aromatic carbocycles. The summed E-state index contributed by atoms with van der Waals surface area (Å²) in [5, 5.41) is 0.533. The molecule has 4 rings (SSSR count). The highest BCUT2D eigenvalue weighted by Gasteiger charge is 2.30. The first kappa shape index (κ1) is 17.4. The topological polar surface area (TPSA) is 32.8 Å². The summed E-state index contributed by atoms with van der Waals surface area (Å²) in [6, 6.07) is 16.5. The van der Waals surface area contributed by atoms with E-state index >= 15 is 0 Å². The van der Waals surface area contributed by atoms with Gasteiger partial charge in [0.2, 0.25) is 0 Å². The smallest absolute Gasteiger partial charge is 0.260 e. The van der Waals surface area contributed by atoms with Crippen LogP contribution in [0.3, 0.4) is 0 Å². The Labute approximate surface area is 159 Å². The number of hydrogen-bond donors (Lipinski definition) is 0. The highest BCUT2D eigenvalue weighted by Crippen LogP contribution is 2.26. The minimum atomic E-state index is 0.0271. The van der Waals surface area contributed by atoms with Gasteiger partial charge in [-0.2, -0.15) is 0 Å². The first-order valence-corrected chi connectivity index (χ1v) is 9.54. The van der Waals surface area contributed by atoms with E-state index in [1.54, 1.807) is 12.1 Å². The van der Waals surface area contributed by atoms with Gasteiger partial charge in [-0.25, -0.2) is 0 Å². The van der Waals surface area contributed by atoms with Gasteiger partial charge in [0, 0.05) is 32.2 Å². The number of halogens is 1. The molecule has 0 spiro atoms. The Morgan fingerprint density at radius 1 is 0.962 bits per heavy atom. The van der Waals surface area contributed by atoms with Crippen LogP contribution in [0.4, 0.5) is 0 Å². The molecule has 1 amide bonds. The highest BCUT2D eigenvalue weighted by molar-refractivity contribution is 6.32. The third-order valence-corrected chi connectivity index (χ3v) is 5.71. The molecule has 0 N–H and O–H groups in total. The Morgan fingerprint density at radius 3 is 2.23 bits per heavy atom. The van der Waals surface area contributed by atoms with Crippen molar-refractivity contribution in [2.45, 2.75) is 18.9 Å². The molecular weight excluding hydrogens is 348 g/mol. The van der Waals surface area contributed by atoms with Crippen molar-refractivity contribution in [3.05, 3.63) is 64.7 Å². The van der Waals surface area contributed by atoms with Gasteiger partial charge in [-0.15, -0.1) is 0 Å². The molecule has 0 atom stereocenters. The molecule has 1 aliphatic heterocycles. The lowest BCUT2D eigenvalue weighted by molar-refractivity contribution is -0.135. The number of carbonyl (C=O) groups is 1. The molecule has 2 aliphatic rings. The largest absolute Gasteiger partial charge is 0.482 e. The number of nitrogens with zero attached hydrogens (tertiary/aromatic N) is 2. The lowest BCUT2D eigenvalue weighted by atomic mass is 10.1. The van der Waals surface area contributed by atoms with E-state index in [-0.39, 0.29) is 12.5 Å². The lowest BCUT2D eigenvalue weighted by Gasteiger charge is -2.38. The van der Waals surface area contributed by atoms with E-state index in [4.69, 9.17) is 16.3 Å². The monoisotopic (exact) mass is 370 g/mol. The van der Waals surface area contributed by atoms with Crippen LogP contribution < -0.4 is 4.74 Å². The summed E-state index contributed by atoms with van der Waals surface area (Å²) in [5.74, 6) is 0.587. The highest BCUT2D eigenvalue weighted by atomic mass is 35.5. The van der Waals surface area contributed by atoms with E-state index in [0.717, 1.165) is 39.0 Å². The molecule has 0 saturated carbocycles. The summed E-state index contributed by atoms with van der Waals surface area (Å²) in [7, 11) is 0. The van der Waals surface area contributed by atoms with E-state index < -0.39 is 0 Å². The van der Waals surface area contributed by atoms with Crippen molar-refractivity contribution in [3.8, 4) is 5.75 Å². The first-order chi connectivity index (χ1) is 12.7. The fourth-order valence-electron chi connectivity index (χ4n) is 3.92. The number of amides is 1. The summed E-state index contributed by atoms with van der Waals surface area (Å²) < 4.78 is 5.58. The van der Waals surface area contributed by atoms with Crippen molar-refractivity contribution in [2.24, 2.45) is 0 Å². The van der Waals surface area contributed by atoms with Gasteiger partial charge in [0.1, 0.15) is 5.75 Å². The van der Waals surface area contributed by atoms with Gasteiger partial charge >= 0.3 is 0 Å². The predicted molar refractivity (Wildman–Crippen MR) is 103 cm³/mol. The zero-order valence-corrected chi connectivity index (χ0v) is 15.5. The summed E-state index contributed by atoms with van der Waals surface area (Å²) in [5.41, 5.74) is 2.95. The maximum absolute atomic E-state index is 12.4. The van der Waals surface area contributed by atoms with Crippen LogP contribution in [0.25, 0.3) is 0 Å². The van der Waals surface area contributed by atoms with Crippen molar-refractivity contribution >= 4 is 17.5 Å². The molecule has 1 fully saturated rings. The fourth-order valence-corrected chi connectivity index (χ4v) is 4.11. The van der Waals surface area contributed by atoms with Gasteiger partial charge in [-0.05, 0) is 36.1 Å². The Balaban J connectivity index is 1.26. The maximum Gasteiger partial charge on any atom is 0.260 e. The third kappa shape index (κ3) is 3.71. The Morgan fingerprint density at radius 2 is 1.58 bits per heavy atom. The molecule has 26 heavy (non-hydrogen) atoms. The van der Waals surface area contributed by atoms with Gasteiger partial charge < -0.3 is 9.64 Å². The Hall–Kier alpha value is -2.04. The summed E-state index contributed by atoms with van der Waals surface area (Å²) >= 11 is 6.07. The molecule has 0 aromatic heterocycles. The average Bonchev–Trinajstić information content (AvgIpc) is 3.11. The molecule has 0 bridgehead atoms. The van der Waals surface area contributed by atoms with Gasteiger partial charge in [0.15, 0.2) is 6.61 Å². The van der Waals surface area contributed by atoms with Crippen LogP contribution in [0.1, 0.15) is 11.1 Å². The van der Waals surface area contributed by atoms with Gasteiger partial charge in [-0.1, -0.05) is 48.0 Å². The number of hydrogen-bond acceptors (Lipinski definition) is 3. The standard InChI is InChI=1S/C21H23ClN2O2/c22-19-7-3-4-8-20(19)26-15-21(25)24-11-9-23(10-12-24)18-13-16-5-1-2-6-17(16)14-18/h1-8,18H,9-15H2. The third-order valence-electron chi connectivity index (χ3n) is 5.40. The molecule has 0 unspecified atom stereocenters. The van der Waals surface area contributed by atoms with E-state index in [0.29, 0.717) is 16.8 Å². The summed E-state index contributed by atoms with van der Waals surface area (Å²) in [4.78, 5) is 16.9. The second-order valence-corrected chi connectivity index (χ2v) is 7.37. The normalized spacial score (nSPS) is 18.0. The zero-order chi connectivity index (χ0) is 17.9. The van der Waals surface area contributed by atoms with Crippen molar-refractivity contribution in [2.75, 3.05) is 32.8 Å². The van der Waals surface area contributed by atoms with Crippen LogP contribution in [0.2, 0.25) is 5.02 Å². The van der Waals surface area contributed by atoms with Crippen molar-refractivity contribution < 1.29 is 9.53 Å². The summed E-state index contributed by atoms with van der Waals surface area (Å²) in [6.45, 7) is 3.42. The van der Waals surface area contributed by atoms with Crippen LogP contribution in [0.5, 0.6) is 5.75 Å². The maximum atomic E-state index is 12.4. The van der Waals surface area contributed by atoms with Crippen LogP contribution in [-0.2, 0) is 17.6 Å². The Bertz CT molecular complexity index is 762. The van der Waals surface area contributed by atoms with E-state index in [2.05, 4.69) is 29.2 Å². The average molecular weight is 371 g/mol. The number of fused-ring (bicyclic) bond motifs is 1. The van der Waals surface area contributed by atoms with E-state index in [9.17, 15) is 4.79 Å². The van der Waals surface area contributed by atoms with Gasteiger partial charge in [0.25, 0.3) is 5.91 Å². The molecule has 1 saturated heterocycles. The number of piperazine rings is 1. The second-order valence-electron chi connectivity index (χ2n) is 6.97. The molecule has 1 aliphatic carbocycles. The molecule has 0 radical (unpaired) electrons. The molecular formula is C21H23ClN2O2. The molecule has 5 heteroatoms. The minimum Gasteiger partial charge on any atom is -0.482 e. The molecule has 136 valence electrons. The van der Waals surface area contributed by atoms with E-state index in [1.807, 2.05) is 17.0 Å². The Kier molecular flexibility index (Phi) is 5.14. The van der Waals surface area contributed by atoms with Crippen molar-refractivity contribution in [1.82, 2.24) is 9.80 Å². The van der Waals surface area contributed by atoms with Crippen LogP contribution in [-0.4, -0.2) is 54.5 Å².